The molecule has 1 aliphatic rings. The van der Waals surface area contributed by atoms with Gasteiger partial charge in [0.2, 0.25) is 0 Å². The number of amides is 1. The molecule has 1 rings (SSSR count). The Morgan fingerprint density at radius 3 is 2.50 bits per heavy atom. The molecular weight excluding hydrogens is 228 g/mol. The molecule has 0 radical (unpaired) electrons. The highest BCUT2D eigenvalue weighted by Gasteiger charge is 2.22. The van der Waals surface area contributed by atoms with Crippen molar-refractivity contribution in [1.29, 1.82) is 0 Å². The summed E-state index contributed by atoms with van der Waals surface area (Å²) in [7, 11) is 2.17. The highest BCUT2D eigenvalue weighted by Crippen LogP contribution is 2.23. The molecule has 0 saturated heterocycles. The maximum atomic E-state index is 11.6. The van der Waals surface area contributed by atoms with Crippen molar-refractivity contribution >= 4 is 6.09 Å². The molecule has 0 spiro atoms. The molecule has 1 N–H and O–H groups in total. The summed E-state index contributed by atoms with van der Waals surface area (Å²) in [5, 5.41) is 2.88. The van der Waals surface area contributed by atoms with Gasteiger partial charge in [0.05, 0.1) is 0 Å². The van der Waals surface area contributed by atoms with Crippen LogP contribution in [-0.4, -0.2) is 42.3 Å². The lowest BCUT2D eigenvalue weighted by Gasteiger charge is -2.35. The standard InChI is InChI=1S/C14H28N2O2/c1-11(15-13(17)18-14(2,3)4)9-10-16(5)12-7-6-8-12/h11-12H,6-10H2,1-5H3,(H,15,17). The minimum atomic E-state index is -0.424. The largest absolute Gasteiger partial charge is 0.444 e. The monoisotopic (exact) mass is 256 g/mol. The van der Waals surface area contributed by atoms with Crippen LogP contribution in [0.15, 0.2) is 0 Å². The lowest BCUT2D eigenvalue weighted by atomic mass is 9.92. The fourth-order valence-electron chi connectivity index (χ4n) is 1.99. The summed E-state index contributed by atoms with van der Waals surface area (Å²) in [5.41, 5.74) is -0.424. The first kappa shape index (κ1) is 15.3. The third kappa shape index (κ3) is 5.71. The van der Waals surface area contributed by atoms with E-state index in [1.807, 2.05) is 27.7 Å². The Morgan fingerprint density at radius 2 is 2.06 bits per heavy atom. The molecule has 106 valence electrons. The molecule has 1 fully saturated rings. The van der Waals surface area contributed by atoms with Gasteiger partial charge in [0, 0.05) is 18.6 Å². The van der Waals surface area contributed by atoms with E-state index in [9.17, 15) is 4.79 Å². The topological polar surface area (TPSA) is 41.6 Å². The number of nitrogens with zero attached hydrogens (tertiary/aromatic N) is 1. The van der Waals surface area contributed by atoms with Crippen LogP contribution >= 0.6 is 0 Å². The summed E-state index contributed by atoms with van der Waals surface area (Å²) in [5.74, 6) is 0. The van der Waals surface area contributed by atoms with Crippen molar-refractivity contribution in [3.63, 3.8) is 0 Å². The molecule has 1 aliphatic carbocycles. The third-order valence-corrected chi connectivity index (χ3v) is 3.38. The highest BCUT2D eigenvalue weighted by atomic mass is 16.6. The SMILES string of the molecule is CC(CCN(C)C1CCC1)NC(=O)OC(C)(C)C. The number of carbonyl (C=O) groups excluding carboxylic acids is 1. The zero-order valence-electron chi connectivity index (χ0n) is 12.5. The average molecular weight is 256 g/mol. The van der Waals surface area contributed by atoms with Gasteiger partial charge in [-0.25, -0.2) is 4.79 Å². The van der Waals surface area contributed by atoms with Crippen LogP contribution in [0.3, 0.4) is 0 Å². The Balaban J connectivity index is 2.16. The Labute approximate surface area is 111 Å². The molecule has 1 atom stereocenters. The summed E-state index contributed by atoms with van der Waals surface area (Å²) in [4.78, 5) is 14.0. The Bertz CT molecular complexity index is 269. The molecule has 18 heavy (non-hydrogen) atoms. The first-order chi connectivity index (χ1) is 8.28. The first-order valence-corrected chi connectivity index (χ1v) is 6.97. The van der Waals surface area contributed by atoms with Gasteiger partial charge in [0.15, 0.2) is 0 Å². The molecule has 1 amide bonds. The number of hydrogen-bond acceptors (Lipinski definition) is 3. The molecule has 1 saturated carbocycles. The molecule has 1 unspecified atom stereocenters. The summed E-state index contributed by atoms with van der Waals surface area (Å²) in [6.45, 7) is 8.69. The molecule has 4 nitrogen and oxygen atoms in total. The maximum absolute atomic E-state index is 11.6. The molecule has 0 bridgehead atoms. The van der Waals surface area contributed by atoms with Crippen LogP contribution in [-0.2, 0) is 4.74 Å². The number of nitrogens with one attached hydrogen (secondary N) is 1. The average Bonchev–Trinajstić information content (AvgIpc) is 2.08. The first-order valence-electron chi connectivity index (χ1n) is 6.97. The van der Waals surface area contributed by atoms with Crippen molar-refractivity contribution < 1.29 is 9.53 Å². The van der Waals surface area contributed by atoms with Gasteiger partial charge in [0.1, 0.15) is 5.60 Å². The number of rotatable bonds is 5. The summed E-state index contributed by atoms with van der Waals surface area (Å²) in [6, 6.07) is 0.918. The van der Waals surface area contributed by atoms with Crippen LogP contribution < -0.4 is 5.32 Å². The summed E-state index contributed by atoms with van der Waals surface area (Å²) in [6.07, 6.45) is 4.66. The van der Waals surface area contributed by atoms with Gasteiger partial charge in [-0.3, -0.25) is 0 Å². The van der Waals surface area contributed by atoms with Gasteiger partial charge in [0.25, 0.3) is 0 Å². The van der Waals surface area contributed by atoms with E-state index in [0.717, 1.165) is 19.0 Å². The van der Waals surface area contributed by atoms with Gasteiger partial charge >= 0.3 is 6.09 Å². The molecule has 0 aliphatic heterocycles. The smallest absolute Gasteiger partial charge is 0.407 e. The van der Waals surface area contributed by atoms with E-state index in [4.69, 9.17) is 4.74 Å². The van der Waals surface area contributed by atoms with Crippen LogP contribution in [0.4, 0.5) is 4.79 Å². The van der Waals surface area contributed by atoms with Crippen LogP contribution in [0.5, 0.6) is 0 Å². The summed E-state index contributed by atoms with van der Waals surface area (Å²) < 4.78 is 5.23. The maximum Gasteiger partial charge on any atom is 0.407 e. The van der Waals surface area contributed by atoms with Crippen LogP contribution in [0.1, 0.15) is 53.4 Å². The Kier molecular flexibility index (Phi) is 5.45. The normalized spacial score (nSPS) is 18.3. The number of carbonyl (C=O) groups is 1. The predicted molar refractivity (Wildman–Crippen MR) is 73.7 cm³/mol. The van der Waals surface area contributed by atoms with E-state index in [-0.39, 0.29) is 12.1 Å². The van der Waals surface area contributed by atoms with Crippen molar-refractivity contribution in [2.45, 2.75) is 71.1 Å². The quantitative estimate of drug-likeness (QED) is 0.822. The second-order valence-corrected chi connectivity index (χ2v) is 6.40. The van der Waals surface area contributed by atoms with E-state index in [2.05, 4.69) is 17.3 Å². The van der Waals surface area contributed by atoms with Crippen LogP contribution in [0.25, 0.3) is 0 Å². The second kappa shape index (κ2) is 6.41. The van der Waals surface area contributed by atoms with Gasteiger partial charge in [-0.15, -0.1) is 0 Å². The molecular formula is C14H28N2O2. The van der Waals surface area contributed by atoms with E-state index < -0.39 is 5.60 Å². The number of ether oxygens (including phenoxy) is 1. The van der Waals surface area contributed by atoms with Gasteiger partial charge in [-0.05, 0) is 54.0 Å². The Hall–Kier alpha value is -0.770. The number of alkyl carbamates (subject to hydrolysis) is 1. The van der Waals surface area contributed by atoms with Gasteiger partial charge < -0.3 is 15.0 Å². The van der Waals surface area contributed by atoms with E-state index in [0.29, 0.717) is 0 Å². The second-order valence-electron chi connectivity index (χ2n) is 6.40. The van der Waals surface area contributed by atoms with E-state index in [1.54, 1.807) is 0 Å². The van der Waals surface area contributed by atoms with Gasteiger partial charge in [-0.1, -0.05) is 6.42 Å². The minimum absolute atomic E-state index is 0.155. The molecule has 0 heterocycles. The van der Waals surface area contributed by atoms with Crippen molar-refractivity contribution in [1.82, 2.24) is 10.2 Å². The molecule has 0 aromatic carbocycles. The van der Waals surface area contributed by atoms with Crippen molar-refractivity contribution in [2.75, 3.05) is 13.6 Å². The number of hydrogen-bond donors (Lipinski definition) is 1. The predicted octanol–water partition coefficient (Wildman–Crippen LogP) is 2.77. The molecule has 0 aromatic heterocycles. The fraction of sp³-hybridized carbons (Fsp3) is 0.929. The van der Waals surface area contributed by atoms with Gasteiger partial charge in [-0.2, -0.15) is 0 Å². The van der Waals surface area contributed by atoms with Crippen molar-refractivity contribution in [3.05, 3.63) is 0 Å². The third-order valence-electron chi connectivity index (χ3n) is 3.38. The lowest BCUT2D eigenvalue weighted by Crippen LogP contribution is -2.42. The zero-order chi connectivity index (χ0) is 13.8. The highest BCUT2D eigenvalue weighted by molar-refractivity contribution is 5.67. The van der Waals surface area contributed by atoms with Crippen molar-refractivity contribution in [2.24, 2.45) is 0 Å². The van der Waals surface area contributed by atoms with E-state index >= 15 is 0 Å². The zero-order valence-corrected chi connectivity index (χ0v) is 12.5. The summed E-state index contributed by atoms with van der Waals surface area (Å²) >= 11 is 0. The van der Waals surface area contributed by atoms with Crippen molar-refractivity contribution in [3.8, 4) is 0 Å². The van der Waals surface area contributed by atoms with E-state index in [1.165, 1.54) is 19.3 Å². The van der Waals surface area contributed by atoms with Crippen LogP contribution in [0.2, 0.25) is 0 Å². The van der Waals surface area contributed by atoms with Crippen LogP contribution in [0, 0.1) is 0 Å². The fourth-order valence-corrected chi connectivity index (χ4v) is 1.99. The minimum Gasteiger partial charge on any atom is -0.444 e. The Morgan fingerprint density at radius 1 is 1.44 bits per heavy atom. The molecule has 4 heteroatoms. The molecule has 0 aromatic rings. The lowest BCUT2D eigenvalue weighted by molar-refractivity contribution is 0.0501.